The molecule has 1 aliphatic heterocycles. The topological polar surface area (TPSA) is 41.6 Å². The molecule has 0 radical (unpaired) electrons. The van der Waals surface area contributed by atoms with E-state index in [2.05, 4.69) is 26.1 Å². The standard InChI is InChI=1S/C13H26N2O2/c1-5-17-12(16)15-8-6-7-11(9-15)14-10-13(2,3)4/h11,14H,5-10H2,1-4H3. The molecule has 1 aliphatic rings. The molecular formula is C13H26N2O2. The summed E-state index contributed by atoms with van der Waals surface area (Å²) < 4.78 is 5.03. The average Bonchev–Trinajstić information content (AvgIpc) is 2.26. The van der Waals surface area contributed by atoms with Gasteiger partial charge in [-0.2, -0.15) is 0 Å². The number of hydrogen-bond donors (Lipinski definition) is 1. The molecule has 17 heavy (non-hydrogen) atoms. The van der Waals surface area contributed by atoms with Gasteiger partial charge in [-0.3, -0.25) is 0 Å². The number of ether oxygens (including phenoxy) is 1. The number of likely N-dealkylation sites (tertiary alicyclic amines) is 1. The van der Waals surface area contributed by atoms with Crippen LogP contribution >= 0.6 is 0 Å². The lowest BCUT2D eigenvalue weighted by molar-refractivity contribution is 0.0919. The number of carbonyl (C=O) groups is 1. The van der Waals surface area contributed by atoms with Crippen molar-refractivity contribution in [3.8, 4) is 0 Å². The zero-order valence-corrected chi connectivity index (χ0v) is 11.6. The average molecular weight is 242 g/mol. The Morgan fingerprint density at radius 1 is 1.47 bits per heavy atom. The minimum absolute atomic E-state index is 0.172. The van der Waals surface area contributed by atoms with Gasteiger partial charge in [-0.15, -0.1) is 0 Å². The summed E-state index contributed by atoms with van der Waals surface area (Å²) in [6.07, 6.45) is 2.03. The Kier molecular flexibility index (Phi) is 5.25. The zero-order chi connectivity index (χ0) is 12.9. The smallest absolute Gasteiger partial charge is 0.409 e. The highest BCUT2D eigenvalue weighted by atomic mass is 16.6. The Hall–Kier alpha value is -0.770. The summed E-state index contributed by atoms with van der Waals surface area (Å²) >= 11 is 0. The van der Waals surface area contributed by atoms with Crippen LogP contribution in [0.1, 0.15) is 40.5 Å². The fourth-order valence-electron chi connectivity index (χ4n) is 1.97. The summed E-state index contributed by atoms with van der Waals surface area (Å²) in [5.74, 6) is 0. The molecule has 1 amide bonds. The third-order valence-corrected chi connectivity index (χ3v) is 2.87. The quantitative estimate of drug-likeness (QED) is 0.825. The third-order valence-electron chi connectivity index (χ3n) is 2.87. The molecule has 0 spiro atoms. The van der Waals surface area contributed by atoms with Gasteiger partial charge in [0.25, 0.3) is 0 Å². The summed E-state index contributed by atoms with van der Waals surface area (Å²) in [5, 5.41) is 3.54. The van der Waals surface area contributed by atoms with E-state index >= 15 is 0 Å². The SMILES string of the molecule is CCOC(=O)N1CCCC(NCC(C)(C)C)C1. The van der Waals surface area contributed by atoms with E-state index in [1.165, 1.54) is 0 Å². The molecule has 4 nitrogen and oxygen atoms in total. The van der Waals surface area contributed by atoms with Crippen molar-refractivity contribution in [1.29, 1.82) is 0 Å². The van der Waals surface area contributed by atoms with E-state index in [4.69, 9.17) is 4.74 Å². The fourth-order valence-corrected chi connectivity index (χ4v) is 1.97. The van der Waals surface area contributed by atoms with Gasteiger partial charge in [-0.05, 0) is 25.2 Å². The predicted molar refractivity (Wildman–Crippen MR) is 69.1 cm³/mol. The lowest BCUT2D eigenvalue weighted by atomic mass is 9.95. The van der Waals surface area contributed by atoms with E-state index in [0.717, 1.165) is 32.5 Å². The first-order valence-corrected chi connectivity index (χ1v) is 6.57. The minimum Gasteiger partial charge on any atom is -0.450 e. The van der Waals surface area contributed by atoms with Crippen LogP contribution in [0.4, 0.5) is 4.79 Å². The zero-order valence-electron chi connectivity index (χ0n) is 11.6. The lowest BCUT2D eigenvalue weighted by Gasteiger charge is -2.34. The van der Waals surface area contributed by atoms with Gasteiger partial charge in [0.1, 0.15) is 0 Å². The van der Waals surface area contributed by atoms with Crippen LogP contribution < -0.4 is 5.32 Å². The Labute approximate surface area is 105 Å². The summed E-state index contributed by atoms with van der Waals surface area (Å²) in [4.78, 5) is 13.4. The number of hydrogen-bond acceptors (Lipinski definition) is 3. The highest BCUT2D eigenvalue weighted by Crippen LogP contribution is 2.15. The van der Waals surface area contributed by atoms with Crippen molar-refractivity contribution < 1.29 is 9.53 Å². The lowest BCUT2D eigenvalue weighted by Crippen LogP contribution is -2.49. The minimum atomic E-state index is -0.172. The van der Waals surface area contributed by atoms with E-state index in [0.29, 0.717) is 12.6 Å². The van der Waals surface area contributed by atoms with Crippen LogP contribution in [0.5, 0.6) is 0 Å². The summed E-state index contributed by atoms with van der Waals surface area (Å²) in [6.45, 7) is 11.5. The molecular weight excluding hydrogens is 216 g/mol. The van der Waals surface area contributed by atoms with Crippen LogP contribution in [0.15, 0.2) is 0 Å². The molecule has 1 atom stereocenters. The van der Waals surface area contributed by atoms with Crippen LogP contribution in [0.2, 0.25) is 0 Å². The van der Waals surface area contributed by atoms with Crippen molar-refractivity contribution in [2.75, 3.05) is 26.2 Å². The van der Waals surface area contributed by atoms with Crippen LogP contribution in [0, 0.1) is 5.41 Å². The molecule has 100 valence electrons. The maximum absolute atomic E-state index is 11.6. The van der Waals surface area contributed by atoms with Gasteiger partial charge in [-0.25, -0.2) is 4.79 Å². The Morgan fingerprint density at radius 3 is 2.76 bits per heavy atom. The molecule has 1 N–H and O–H groups in total. The molecule has 1 heterocycles. The number of piperidine rings is 1. The molecule has 1 saturated heterocycles. The highest BCUT2D eigenvalue weighted by Gasteiger charge is 2.25. The first-order chi connectivity index (χ1) is 7.92. The van der Waals surface area contributed by atoms with Crippen LogP contribution in [-0.2, 0) is 4.74 Å². The van der Waals surface area contributed by atoms with Gasteiger partial charge in [0.05, 0.1) is 6.61 Å². The monoisotopic (exact) mass is 242 g/mol. The third kappa shape index (κ3) is 5.39. The number of nitrogens with one attached hydrogen (secondary N) is 1. The number of rotatable bonds is 3. The van der Waals surface area contributed by atoms with Crippen LogP contribution in [0.25, 0.3) is 0 Å². The van der Waals surface area contributed by atoms with Crippen molar-refractivity contribution in [3.63, 3.8) is 0 Å². The van der Waals surface area contributed by atoms with Gasteiger partial charge < -0.3 is 15.0 Å². The molecule has 0 aromatic rings. The van der Waals surface area contributed by atoms with Crippen LogP contribution in [-0.4, -0.2) is 43.3 Å². The first-order valence-electron chi connectivity index (χ1n) is 6.57. The molecule has 1 rings (SSSR count). The molecule has 1 unspecified atom stereocenters. The van der Waals surface area contributed by atoms with Gasteiger partial charge in [0.2, 0.25) is 0 Å². The molecule has 4 heteroatoms. The van der Waals surface area contributed by atoms with Gasteiger partial charge in [0, 0.05) is 25.7 Å². The van der Waals surface area contributed by atoms with Crippen molar-refractivity contribution in [2.24, 2.45) is 5.41 Å². The van der Waals surface area contributed by atoms with Gasteiger partial charge in [0.15, 0.2) is 0 Å². The second kappa shape index (κ2) is 6.24. The van der Waals surface area contributed by atoms with Crippen LogP contribution in [0.3, 0.4) is 0 Å². The van der Waals surface area contributed by atoms with E-state index in [1.54, 1.807) is 0 Å². The van der Waals surface area contributed by atoms with Crippen molar-refractivity contribution in [2.45, 2.75) is 46.6 Å². The van der Waals surface area contributed by atoms with Crippen molar-refractivity contribution in [1.82, 2.24) is 10.2 Å². The number of carbonyl (C=O) groups excluding carboxylic acids is 1. The molecule has 0 aromatic heterocycles. The largest absolute Gasteiger partial charge is 0.450 e. The highest BCUT2D eigenvalue weighted by molar-refractivity contribution is 5.67. The maximum Gasteiger partial charge on any atom is 0.409 e. The summed E-state index contributed by atoms with van der Waals surface area (Å²) in [5.41, 5.74) is 0.284. The summed E-state index contributed by atoms with van der Waals surface area (Å²) in [7, 11) is 0. The summed E-state index contributed by atoms with van der Waals surface area (Å²) in [6, 6.07) is 0.410. The number of amides is 1. The van der Waals surface area contributed by atoms with E-state index in [-0.39, 0.29) is 11.5 Å². The number of nitrogens with zero attached hydrogens (tertiary/aromatic N) is 1. The fraction of sp³-hybridized carbons (Fsp3) is 0.923. The molecule has 0 aliphatic carbocycles. The Balaban J connectivity index is 2.36. The normalized spacial score (nSPS) is 21.4. The molecule has 0 aromatic carbocycles. The van der Waals surface area contributed by atoms with E-state index < -0.39 is 0 Å². The first kappa shape index (κ1) is 14.3. The van der Waals surface area contributed by atoms with Crippen molar-refractivity contribution in [3.05, 3.63) is 0 Å². The van der Waals surface area contributed by atoms with Crippen molar-refractivity contribution >= 4 is 6.09 Å². The maximum atomic E-state index is 11.6. The van der Waals surface area contributed by atoms with E-state index in [1.807, 2.05) is 11.8 Å². The predicted octanol–water partition coefficient (Wildman–Crippen LogP) is 2.24. The van der Waals surface area contributed by atoms with Gasteiger partial charge in [-0.1, -0.05) is 20.8 Å². The Morgan fingerprint density at radius 2 is 2.18 bits per heavy atom. The molecule has 0 saturated carbocycles. The van der Waals surface area contributed by atoms with Gasteiger partial charge >= 0.3 is 6.09 Å². The Bertz CT molecular complexity index is 248. The molecule has 0 bridgehead atoms. The molecule has 1 fully saturated rings. The second-order valence-corrected chi connectivity index (χ2v) is 5.93. The second-order valence-electron chi connectivity index (χ2n) is 5.93. The van der Waals surface area contributed by atoms with E-state index in [9.17, 15) is 4.79 Å².